The molecule has 0 spiro atoms. The van der Waals surface area contributed by atoms with E-state index in [1.807, 2.05) is 24.3 Å². The third kappa shape index (κ3) is 3.37. The number of rotatable bonds is 5. The first-order chi connectivity index (χ1) is 16.2. The number of nitrogens with zero attached hydrogens (tertiary/aromatic N) is 1. The molecule has 2 aliphatic carbocycles. The van der Waals surface area contributed by atoms with Crippen LogP contribution in [0.5, 0.6) is 0 Å². The summed E-state index contributed by atoms with van der Waals surface area (Å²) in [5.74, 6) is -0.634. The molecule has 0 bridgehead atoms. The SMILES string of the molecule is CC(=O)N[C@]12C=C[C@H](O[Si](c3ccccc3)(c3ccccc3)C(C)(C)C)[C@@H]3ON=C(C(=O)C1)[C@@H]32. The number of benzene rings is 2. The highest BCUT2D eigenvalue weighted by molar-refractivity contribution is 6.99. The number of ketones is 1. The van der Waals surface area contributed by atoms with Gasteiger partial charge in [-0.2, -0.15) is 0 Å². The van der Waals surface area contributed by atoms with Gasteiger partial charge in [-0.05, 0) is 15.4 Å². The molecule has 4 atom stereocenters. The molecule has 1 saturated carbocycles. The second-order valence-electron chi connectivity index (χ2n) is 10.5. The Morgan fingerprint density at radius 2 is 1.68 bits per heavy atom. The zero-order valence-corrected chi connectivity index (χ0v) is 20.9. The molecule has 0 aromatic heterocycles. The van der Waals surface area contributed by atoms with E-state index in [2.05, 4.69) is 79.8 Å². The zero-order chi connectivity index (χ0) is 24.1. The van der Waals surface area contributed by atoms with Gasteiger partial charge in [0.2, 0.25) is 5.91 Å². The van der Waals surface area contributed by atoms with E-state index in [-0.39, 0.29) is 29.1 Å². The van der Waals surface area contributed by atoms with Crippen molar-refractivity contribution in [3.63, 3.8) is 0 Å². The van der Waals surface area contributed by atoms with E-state index in [0.29, 0.717) is 5.71 Å². The summed E-state index contributed by atoms with van der Waals surface area (Å²) in [6, 6.07) is 20.8. The largest absolute Gasteiger partial charge is 0.397 e. The normalized spacial score (nSPS) is 27.7. The van der Waals surface area contributed by atoms with Crippen LogP contribution in [0.1, 0.15) is 34.1 Å². The Morgan fingerprint density at radius 3 is 2.21 bits per heavy atom. The van der Waals surface area contributed by atoms with E-state index in [1.165, 1.54) is 17.3 Å². The maximum atomic E-state index is 12.8. The Kier molecular flexibility index (Phi) is 5.37. The second kappa shape index (κ2) is 8.03. The Hall–Kier alpha value is -3.03. The van der Waals surface area contributed by atoms with Crippen LogP contribution in [0.3, 0.4) is 0 Å². The summed E-state index contributed by atoms with van der Waals surface area (Å²) in [7, 11) is -2.85. The molecule has 1 amide bonds. The standard InChI is InChI=1S/C27H30N2O4Si/c1-18(30)28-27-16-15-22(25-23(27)24(29-32-25)21(31)17-27)33-34(26(2,3)4,19-11-7-5-8-12-19)20-13-9-6-10-14-20/h5-16,22-23,25H,17H2,1-4H3,(H,28,30)/t22-,23-,25-,27+/m0/s1. The van der Waals surface area contributed by atoms with E-state index < -0.39 is 26.1 Å². The van der Waals surface area contributed by atoms with Crippen molar-refractivity contribution in [2.45, 2.75) is 56.9 Å². The number of hydrogen-bond donors (Lipinski definition) is 1. The Labute approximate surface area is 201 Å². The first-order valence-electron chi connectivity index (χ1n) is 11.7. The van der Waals surface area contributed by atoms with Crippen LogP contribution >= 0.6 is 0 Å². The lowest BCUT2D eigenvalue weighted by Crippen LogP contribution is -2.69. The van der Waals surface area contributed by atoms with Gasteiger partial charge in [0.25, 0.3) is 8.32 Å². The van der Waals surface area contributed by atoms with Crippen molar-refractivity contribution >= 4 is 36.1 Å². The van der Waals surface area contributed by atoms with Crippen LogP contribution in [0.15, 0.2) is 78.0 Å². The van der Waals surface area contributed by atoms with Gasteiger partial charge in [0.1, 0.15) is 11.8 Å². The van der Waals surface area contributed by atoms with Gasteiger partial charge in [-0.25, -0.2) is 0 Å². The van der Waals surface area contributed by atoms with Crippen LogP contribution in [0, 0.1) is 5.92 Å². The molecule has 34 heavy (non-hydrogen) atoms. The van der Waals surface area contributed by atoms with E-state index in [4.69, 9.17) is 9.26 Å². The van der Waals surface area contributed by atoms with Gasteiger partial charge in [-0.1, -0.05) is 98.7 Å². The number of carbonyl (C=O) groups is 2. The van der Waals surface area contributed by atoms with Crippen LogP contribution < -0.4 is 15.7 Å². The highest BCUT2D eigenvalue weighted by Gasteiger charge is 2.63. The van der Waals surface area contributed by atoms with Crippen molar-refractivity contribution in [1.29, 1.82) is 0 Å². The van der Waals surface area contributed by atoms with Crippen LogP contribution in [0.25, 0.3) is 0 Å². The summed E-state index contributed by atoms with van der Waals surface area (Å²) in [6.07, 6.45) is 3.18. The maximum absolute atomic E-state index is 12.8. The van der Waals surface area contributed by atoms with Gasteiger partial charge < -0.3 is 14.6 Å². The number of carbonyl (C=O) groups excluding carboxylic acids is 2. The number of Topliss-reactive ketones (excluding diaryl/α,β-unsaturated/α-hetero) is 1. The van der Waals surface area contributed by atoms with Gasteiger partial charge in [0.05, 0.1) is 11.5 Å². The molecule has 1 aliphatic heterocycles. The highest BCUT2D eigenvalue weighted by atomic mass is 28.4. The fraction of sp³-hybridized carbons (Fsp3) is 0.370. The number of hydrogen-bond acceptors (Lipinski definition) is 5. The monoisotopic (exact) mass is 474 g/mol. The molecular weight excluding hydrogens is 444 g/mol. The summed E-state index contributed by atoms with van der Waals surface area (Å²) in [5, 5.41) is 9.32. The molecule has 0 radical (unpaired) electrons. The topological polar surface area (TPSA) is 77.0 Å². The molecule has 3 aliphatic rings. The fourth-order valence-corrected chi connectivity index (χ4v) is 10.5. The van der Waals surface area contributed by atoms with Crippen LogP contribution in [-0.4, -0.2) is 43.5 Å². The minimum Gasteiger partial charge on any atom is -0.397 e. The molecule has 0 saturated heterocycles. The number of nitrogens with one attached hydrogen (secondary N) is 1. The minimum absolute atomic E-state index is 0.0861. The van der Waals surface area contributed by atoms with Crippen molar-refractivity contribution < 1.29 is 18.9 Å². The first-order valence-corrected chi connectivity index (χ1v) is 13.6. The lowest BCUT2D eigenvalue weighted by Gasteiger charge is -2.47. The third-order valence-electron chi connectivity index (χ3n) is 7.24. The molecule has 1 heterocycles. The molecule has 5 rings (SSSR count). The summed E-state index contributed by atoms with van der Waals surface area (Å²) >= 11 is 0. The van der Waals surface area contributed by atoms with Crippen LogP contribution in [0.4, 0.5) is 0 Å². The van der Waals surface area contributed by atoms with Crippen LogP contribution in [-0.2, 0) is 18.9 Å². The smallest absolute Gasteiger partial charge is 0.262 e. The summed E-state index contributed by atoms with van der Waals surface area (Å²) < 4.78 is 7.27. The molecule has 2 aromatic carbocycles. The number of amides is 1. The Morgan fingerprint density at radius 1 is 1.09 bits per heavy atom. The van der Waals surface area contributed by atoms with Crippen molar-refractivity contribution in [2.75, 3.05) is 0 Å². The van der Waals surface area contributed by atoms with E-state index >= 15 is 0 Å². The zero-order valence-electron chi connectivity index (χ0n) is 19.9. The Balaban J connectivity index is 1.63. The summed E-state index contributed by atoms with van der Waals surface area (Å²) in [5.41, 5.74) is -0.409. The maximum Gasteiger partial charge on any atom is 0.262 e. The van der Waals surface area contributed by atoms with Gasteiger partial charge >= 0.3 is 0 Å². The molecule has 1 N–H and O–H groups in total. The molecule has 6 nitrogen and oxygen atoms in total. The summed E-state index contributed by atoms with van der Waals surface area (Å²) in [4.78, 5) is 30.7. The van der Waals surface area contributed by atoms with Crippen LogP contribution in [0.2, 0.25) is 5.04 Å². The molecule has 1 fully saturated rings. The summed E-state index contributed by atoms with van der Waals surface area (Å²) in [6.45, 7) is 8.15. The quantitative estimate of drug-likeness (QED) is 0.534. The average molecular weight is 475 g/mol. The number of oxime groups is 1. The lowest BCUT2D eigenvalue weighted by molar-refractivity contribution is -0.122. The van der Waals surface area contributed by atoms with Crippen molar-refractivity contribution in [3.8, 4) is 0 Å². The van der Waals surface area contributed by atoms with E-state index in [0.717, 1.165) is 0 Å². The minimum atomic E-state index is -2.85. The molecule has 0 unspecified atom stereocenters. The van der Waals surface area contributed by atoms with E-state index in [1.54, 1.807) is 0 Å². The third-order valence-corrected chi connectivity index (χ3v) is 12.3. The predicted octanol–water partition coefficient (Wildman–Crippen LogP) is 2.72. The van der Waals surface area contributed by atoms with Gasteiger partial charge in [-0.3, -0.25) is 9.59 Å². The second-order valence-corrected chi connectivity index (χ2v) is 14.7. The molecular formula is C27H30N2O4Si. The van der Waals surface area contributed by atoms with Gasteiger partial charge in [0, 0.05) is 13.3 Å². The predicted molar refractivity (Wildman–Crippen MR) is 134 cm³/mol. The lowest BCUT2D eigenvalue weighted by atomic mass is 9.76. The Bertz CT molecular complexity index is 1130. The van der Waals surface area contributed by atoms with Crippen molar-refractivity contribution in [1.82, 2.24) is 5.32 Å². The highest BCUT2D eigenvalue weighted by Crippen LogP contribution is 2.47. The van der Waals surface area contributed by atoms with Crippen molar-refractivity contribution in [3.05, 3.63) is 72.8 Å². The molecule has 2 aromatic rings. The molecule has 176 valence electrons. The van der Waals surface area contributed by atoms with E-state index in [9.17, 15) is 9.59 Å². The van der Waals surface area contributed by atoms with Crippen molar-refractivity contribution in [2.24, 2.45) is 11.1 Å². The average Bonchev–Trinajstić information content (AvgIpc) is 3.36. The van der Waals surface area contributed by atoms with Gasteiger partial charge in [-0.15, -0.1) is 0 Å². The van der Waals surface area contributed by atoms with Gasteiger partial charge in [0.15, 0.2) is 11.9 Å². The fourth-order valence-electron chi connectivity index (χ4n) is 5.90. The first kappa shape index (κ1) is 22.7. The molecule has 7 heteroatoms.